The predicted octanol–water partition coefficient (Wildman–Crippen LogP) is 6.59. The lowest BCUT2D eigenvalue weighted by Crippen LogP contribution is -1.95. The van der Waals surface area contributed by atoms with E-state index >= 15 is 4.39 Å². The van der Waals surface area contributed by atoms with Crippen molar-refractivity contribution in [1.82, 2.24) is 4.98 Å². The Morgan fingerprint density at radius 2 is 1.90 bits per heavy atom. The molecule has 0 amide bonds. The maximum absolute atomic E-state index is 15.7. The summed E-state index contributed by atoms with van der Waals surface area (Å²) in [4.78, 5) is 14.7. The fraction of sp³-hybridized carbons (Fsp3) is 0.192. The van der Waals surface area contributed by atoms with Crippen molar-refractivity contribution in [3.8, 4) is 22.4 Å². The maximum atomic E-state index is 15.7. The van der Waals surface area contributed by atoms with Gasteiger partial charge in [0.15, 0.2) is 0 Å². The zero-order valence-electron chi connectivity index (χ0n) is 16.8. The van der Waals surface area contributed by atoms with E-state index in [0.717, 1.165) is 52.5 Å². The summed E-state index contributed by atoms with van der Waals surface area (Å²) in [5.74, 6) is -1.18. The number of unbranched alkanes of at least 4 members (excludes halogenated alkanes) is 1. The van der Waals surface area contributed by atoms with Gasteiger partial charge >= 0.3 is 5.97 Å². The first kappa shape index (κ1) is 18.6. The van der Waals surface area contributed by atoms with Crippen molar-refractivity contribution in [2.45, 2.75) is 32.6 Å². The van der Waals surface area contributed by atoms with Gasteiger partial charge in [0.2, 0.25) is 0 Å². The van der Waals surface area contributed by atoms with Crippen LogP contribution in [0.5, 0.6) is 0 Å². The minimum Gasteiger partial charge on any atom is -0.478 e. The van der Waals surface area contributed by atoms with Gasteiger partial charge in [0.05, 0.1) is 11.3 Å². The van der Waals surface area contributed by atoms with E-state index in [4.69, 9.17) is 0 Å². The molecule has 30 heavy (non-hydrogen) atoms. The minimum atomic E-state index is -0.960. The lowest BCUT2D eigenvalue weighted by Gasteiger charge is -2.10. The van der Waals surface area contributed by atoms with Gasteiger partial charge in [-0.3, -0.25) is 0 Å². The van der Waals surface area contributed by atoms with Gasteiger partial charge in [-0.15, -0.1) is 0 Å². The topological polar surface area (TPSA) is 53.1 Å². The molecule has 0 bridgehead atoms. The molecule has 0 unspecified atom stereocenters. The average molecular weight is 399 g/mol. The number of rotatable bonds is 5. The number of fused-ring (bicyclic) bond motifs is 5. The smallest absolute Gasteiger partial charge is 0.335 e. The number of aromatic carboxylic acids is 1. The summed E-state index contributed by atoms with van der Waals surface area (Å²) in [6, 6.07) is 17.0. The Morgan fingerprint density at radius 1 is 1.10 bits per heavy atom. The Balaban J connectivity index is 1.58. The number of H-pyrrole nitrogens is 1. The van der Waals surface area contributed by atoms with Gasteiger partial charge in [-0.05, 0) is 53.3 Å². The first-order chi connectivity index (χ1) is 14.6. The summed E-state index contributed by atoms with van der Waals surface area (Å²) in [5.41, 5.74) is 7.07. The van der Waals surface area contributed by atoms with Crippen LogP contribution in [0.15, 0.2) is 54.6 Å². The number of carboxylic acid groups (broad SMARTS) is 1. The fourth-order valence-corrected chi connectivity index (χ4v) is 4.46. The van der Waals surface area contributed by atoms with Gasteiger partial charge in [0.1, 0.15) is 5.82 Å². The summed E-state index contributed by atoms with van der Waals surface area (Å²) in [6.45, 7) is 2.18. The van der Waals surface area contributed by atoms with Crippen molar-refractivity contribution in [1.29, 1.82) is 0 Å². The molecule has 3 nitrogen and oxygen atoms in total. The molecule has 0 saturated heterocycles. The van der Waals surface area contributed by atoms with Crippen LogP contribution in [0.1, 0.15) is 46.8 Å². The molecule has 0 spiro atoms. The molecule has 4 aromatic rings. The first-order valence-electron chi connectivity index (χ1n) is 10.4. The third-order valence-electron chi connectivity index (χ3n) is 6.08. The second-order valence-corrected chi connectivity index (χ2v) is 7.98. The normalized spacial score (nSPS) is 12.2. The SMILES string of the molecule is CCCCc1ccc(-c2ccc3c(c2F)-c2[nH]c4ccc(C(=O)O)cc4c2C3)cc1. The van der Waals surface area contributed by atoms with Crippen molar-refractivity contribution in [2.75, 3.05) is 0 Å². The van der Waals surface area contributed by atoms with Crippen LogP contribution in [0.3, 0.4) is 0 Å². The Hall–Kier alpha value is -3.40. The fourth-order valence-electron chi connectivity index (χ4n) is 4.46. The molecule has 4 heteroatoms. The van der Waals surface area contributed by atoms with Crippen LogP contribution in [0.2, 0.25) is 0 Å². The lowest BCUT2D eigenvalue weighted by molar-refractivity contribution is 0.0697. The number of benzene rings is 3. The van der Waals surface area contributed by atoms with Crippen LogP contribution < -0.4 is 0 Å². The number of hydrogen-bond donors (Lipinski definition) is 2. The van der Waals surface area contributed by atoms with E-state index in [2.05, 4.69) is 24.0 Å². The van der Waals surface area contributed by atoms with E-state index in [9.17, 15) is 9.90 Å². The van der Waals surface area contributed by atoms with Gasteiger partial charge < -0.3 is 10.1 Å². The molecule has 0 radical (unpaired) electrons. The molecule has 2 N–H and O–H groups in total. The highest BCUT2D eigenvalue weighted by atomic mass is 19.1. The summed E-state index contributed by atoms with van der Waals surface area (Å²) in [5, 5.41) is 10.2. The standard InChI is InChI=1S/C26H22FNO2/c1-2-3-4-15-5-7-16(8-6-15)19-11-9-17-13-21-20-14-18(26(29)30)10-12-22(20)28-25(21)23(17)24(19)27/h5-12,14,28H,2-4,13H2,1H3,(H,29,30). The average Bonchev–Trinajstić information content (AvgIpc) is 3.28. The number of aromatic amines is 1. The molecule has 0 saturated carbocycles. The number of halogens is 1. The minimum absolute atomic E-state index is 0.224. The van der Waals surface area contributed by atoms with Crippen LogP contribution in [0.25, 0.3) is 33.3 Å². The number of carboxylic acids is 1. The largest absolute Gasteiger partial charge is 0.478 e. The van der Waals surface area contributed by atoms with Crippen LogP contribution in [-0.2, 0) is 12.8 Å². The zero-order chi connectivity index (χ0) is 20.8. The van der Waals surface area contributed by atoms with Crippen molar-refractivity contribution in [3.63, 3.8) is 0 Å². The molecule has 0 atom stereocenters. The second-order valence-electron chi connectivity index (χ2n) is 7.98. The molecule has 5 rings (SSSR count). The van der Waals surface area contributed by atoms with Gasteiger partial charge in [-0.2, -0.15) is 0 Å². The summed E-state index contributed by atoms with van der Waals surface area (Å²) >= 11 is 0. The lowest BCUT2D eigenvalue weighted by atomic mass is 9.97. The molecule has 1 aliphatic rings. The molecule has 150 valence electrons. The summed E-state index contributed by atoms with van der Waals surface area (Å²) in [6.07, 6.45) is 3.95. The van der Waals surface area contributed by atoms with Crippen molar-refractivity contribution >= 4 is 16.9 Å². The molecule has 1 aliphatic carbocycles. The third kappa shape index (κ3) is 2.91. The molecule has 1 heterocycles. The highest BCUT2D eigenvalue weighted by Crippen LogP contribution is 2.44. The number of aromatic nitrogens is 1. The van der Waals surface area contributed by atoms with Crippen LogP contribution in [0.4, 0.5) is 4.39 Å². The van der Waals surface area contributed by atoms with E-state index in [-0.39, 0.29) is 11.4 Å². The first-order valence-corrected chi connectivity index (χ1v) is 10.4. The highest BCUT2D eigenvalue weighted by molar-refractivity contribution is 5.99. The van der Waals surface area contributed by atoms with E-state index in [0.29, 0.717) is 17.5 Å². The number of aryl methyl sites for hydroxylation is 1. The number of hydrogen-bond acceptors (Lipinski definition) is 1. The molecular weight excluding hydrogens is 377 g/mol. The molecule has 3 aromatic carbocycles. The van der Waals surface area contributed by atoms with Crippen LogP contribution in [0, 0.1) is 5.82 Å². The second kappa shape index (κ2) is 7.13. The Morgan fingerprint density at radius 3 is 2.63 bits per heavy atom. The van der Waals surface area contributed by atoms with E-state index in [1.807, 2.05) is 24.3 Å². The van der Waals surface area contributed by atoms with Crippen LogP contribution in [-0.4, -0.2) is 16.1 Å². The number of carbonyl (C=O) groups is 1. The van der Waals surface area contributed by atoms with Crippen molar-refractivity contribution in [2.24, 2.45) is 0 Å². The Labute approximate surface area is 174 Å². The summed E-state index contributed by atoms with van der Waals surface area (Å²) in [7, 11) is 0. The molecule has 0 aliphatic heterocycles. The van der Waals surface area contributed by atoms with E-state index in [1.165, 1.54) is 5.56 Å². The van der Waals surface area contributed by atoms with E-state index < -0.39 is 5.97 Å². The summed E-state index contributed by atoms with van der Waals surface area (Å²) < 4.78 is 15.7. The molecular formula is C26H22FNO2. The molecule has 1 aromatic heterocycles. The number of nitrogens with one attached hydrogen (secondary N) is 1. The maximum Gasteiger partial charge on any atom is 0.335 e. The monoisotopic (exact) mass is 399 g/mol. The van der Waals surface area contributed by atoms with Crippen LogP contribution >= 0.6 is 0 Å². The van der Waals surface area contributed by atoms with Crippen molar-refractivity contribution < 1.29 is 14.3 Å². The van der Waals surface area contributed by atoms with Gasteiger partial charge in [0, 0.05) is 28.5 Å². The third-order valence-corrected chi connectivity index (χ3v) is 6.08. The Bertz CT molecular complexity index is 1280. The van der Waals surface area contributed by atoms with Crippen molar-refractivity contribution in [3.05, 3.63) is 82.7 Å². The quantitative estimate of drug-likeness (QED) is 0.350. The molecule has 0 fully saturated rings. The van der Waals surface area contributed by atoms with E-state index in [1.54, 1.807) is 18.2 Å². The zero-order valence-corrected chi connectivity index (χ0v) is 16.8. The Kier molecular flexibility index (Phi) is 4.43. The predicted molar refractivity (Wildman–Crippen MR) is 118 cm³/mol. The van der Waals surface area contributed by atoms with Gasteiger partial charge in [-0.1, -0.05) is 49.7 Å². The van der Waals surface area contributed by atoms with Gasteiger partial charge in [-0.25, -0.2) is 9.18 Å². The van der Waals surface area contributed by atoms with Gasteiger partial charge in [0.25, 0.3) is 0 Å². The highest BCUT2D eigenvalue weighted by Gasteiger charge is 2.28.